The first-order valence-corrected chi connectivity index (χ1v) is 9.17. The SMILES string of the molecule is COC(=O)[C@@H]1C[C@H]2CCCC[C@@H]2N1CC(=O)Nc1ccccc1OC(F)F. The number of benzene rings is 1. The van der Waals surface area contributed by atoms with Crippen molar-refractivity contribution in [1.82, 2.24) is 4.90 Å². The molecule has 3 atom stereocenters. The number of carbonyl (C=O) groups is 2. The largest absolute Gasteiger partial charge is 0.468 e. The molecule has 1 amide bonds. The maximum atomic E-state index is 12.6. The van der Waals surface area contributed by atoms with E-state index in [1.165, 1.54) is 19.2 Å². The third kappa shape index (κ3) is 4.55. The molecular weight excluding hydrogens is 358 g/mol. The highest BCUT2D eigenvalue weighted by atomic mass is 19.3. The number of nitrogens with zero attached hydrogens (tertiary/aromatic N) is 1. The van der Waals surface area contributed by atoms with E-state index in [9.17, 15) is 18.4 Å². The van der Waals surface area contributed by atoms with Crippen LogP contribution in [0, 0.1) is 5.92 Å². The van der Waals surface area contributed by atoms with Crippen molar-refractivity contribution in [2.75, 3.05) is 19.0 Å². The van der Waals surface area contributed by atoms with Gasteiger partial charge in [-0.3, -0.25) is 14.5 Å². The number of anilines is 1. The van der Waals surface area contributed by atoms with Crippen LogP contribution in [0.5, 0.6) is 5.75 Å². The van der Waals surface area contributed by atoms with Crippen molar-refractivity contribution in [2.24, 2.45) is 5.92 Å². The summed E-state index contributed by atoms with van der Waals surface area (Å²) < 4.78 is 34.4. The molecule has 27 heavy (non-hydrogen) atoms. The van der Waals surface area contributed by atoms with Crippen LogP contribution in [0.15, 0.2) is 24.3 Å². The Morgan fingerprint density at radius 1 is 1.26 bits per heavy atom. The van der Waals surface area contributed by atoms with E-state index < -0.39 is 12.7 Å². The van der Waals surface area contributed by atoms with E-state index in [4.69, 9.17) is 4.74 Å². The van der Waals surface area contributed by atoms with Gasteiger partial charge < -0.3 is 14.8 Å². The summed E-state index contributed by atoms with van der Waals surface area (Å²) in [6.45, 7) is -2.97. The first-order chi connectivity index (χ1) is 13.0. The molecule has 8 heteroatoms. The molecule has 1 aromatic carbocycles. The van der Waals surface area contributed by atoms with E-state index in [2.05, 4.69) is 10.1 Å². The lowest BCUT2D eigenvalue weighted by atomic mass is 9.85. The standard InChI is InChI=1S/C19H24F2N2O4/c1-26-18(25)15-10-12-6-2-4-8-14(12)23(15)11-17(24)22-13-7-3-5-9-16(13)27-19(20)21/h3,5,7,9,12,14-15,19H,2,4,6,8,10-11H2,1H3,(H,22,24)/t12-,14+,15+/m1/s1. The van der Waals surface area contributed by atoms with E-state index in [-0.39, 0.29) is 35.9 Å². The van der Waals surface area contributed by atoms with Crippen LogP contribution >= 0.6 is 0 Å². The van der Waals surface area contributed by atoms with Gasteiger partial charge in [0.2, 0.25) is 5.91 Å². The fourth-order valence-corrected chi connectivity index (χ4v) is 4.27. The molecule has 0 unspecified atom stereocenters. The summed E-state index contributed by atoms with van der Waals surface area (Å²) >= 11 is 0. The summed E-state index contributed by atoms with van der Waals surface area (Å²) in [5.74, 6) is -0.425. The number of amides is 1. The summed E-state index contributed by atoms with van der Waals surface area (Å²) in [6, 6.07) is 5.77. The van der Waals surface area contributed by atoms with E-state index >= 15 is 0 Å². The van der Waals surface area contributed by atoms with Crippen LogP contribution in [0.1, 0.15) is 32.1 Å². The van der Waals surface area contributed by atoms with Gasteiger partial charge in [0, 0.05) is 6.04 Å². The molecule has 6 nitrogen and oxygen atoms in total. The Kier molecular flexibility index (Phi) is 6.26. The van der Waals surface area contributed by atoms with Crippen LogP contribution in [-0.4, -0.2) is 49.1 Å². The second-order valence-electron chi connectivity index (χ2n) is 6.98. The average molecular weight is 382 g/mol. The van der Waals surface area contributed by atoms with Crippen molar-refractivity contribution in [3.05, 3.63) is 24.3 Å². The number of para-hydroxylation sites is 2. The van der Waals surface area contributed by atoms with Gasteiger partial charge in [-0.1, -0.05) is 25.0 Å². The number of likely N-dealkylation sites (tertiary alicyclic amines) is 1. The zero-order chi connectivity index (χ0) is 19.4. The third-order valence-electron chi connectivity index (χ3n) is 5.40. The number of carbonyl (C=O) groups excluding carboxylic acids is 2. The molecule has 0 spiro atoms. The van der Waals surface area contributed by atoms with Crippen LogP contribution in [0.25, 0.3) is 0 Å². The molecule has 148 valence electrons. The molecule has 2 fully saturated rings. The Balaban J connectivity index is 1.71. The average Bonchev–Trinajstić information content (AvgIpc) is 3.01. The zero-order valence-electron chi connectivity index (χ0n) is 15.2. The molecule has 1 aromatic rings. The molecule has 2 aliphatic rings. The number of esters is 1. The number of methoxy groups -OCH3 is 1. The van der Waals surface area contributed by atoms with Crippen molar-refractivity contribution in [3.8, 4) is 5.75 Å². The summed E-state index contributed by atoms with van der Waals surface area (Å²) in [7, 11) is 1.35. The highest BCUT2D eigenvalue weighted by Gasteiger charge is 2.46. The van der Waals surface area contributed by atoms with Gasteiger partial charge >= 0.3 is 12.6 Å². The molecule has 1 heterocycles. The fraction of sp³-hybridized carbons (Fsp3) is 0.579. The van der Waals surface area contributed by atoms with Gasteiger partial charge in [0.1, 0.15) is 11.8 Å². The summed E-state index contributed by atoms with van der Waals surface area (Å²) in [5, 5.41) is 2.62. The van der Waals surface area contributed by atoms with Gasteiger partial charge in [0.15, 0.2) is 0 Å². The van der Waals surface area contributed by atoms with Crippen LogP contribution in [-0.2, 0) is 14.3 Å². The quantitative estimate of drug-likeness (QED) is 0.766. The van der Waals surface area contributed by atoms with Crippen molar-refractivity contribution in [2.45, 2.75) is 50.8 Å². The van der Waals surface area contributed by atoms with E-state index in [0.29, 0.717) is 12.3 Å². The molecule has 3 rings (SSSR count). The summed E-state index contributed by atoms with van der Waals surface area (Å²) in [4.78, 5) is 26.7. The second kappa shape index (κ2) is 8.65. The third-order valence-corrected chi connectivity index (χ3v) is 5.40. The smallest absolute Gasteiger partial charge is 0.387 e. The number of ether oxygens (including phenoxy) is 2. The normalized spacial score (nSPS) is 25.1. The Morgan fingerprint density at radius 2 is 2.00 bits per heavy atom. The fourth-order valence-electron chi connectivity index (χ4n) is 4.27. The number of alkyl halides is 2. The lowest BCUT2D eigenvalue weighted by Crippen LogP contribution is -2.46. The van der Waals surface area contributed by atoms with Crippen molar-refractivity contribution < 1.29 is 27.8 Å². The zero-order valence-corrected chi connectivity index (χ0v) is 15.2. The molecule has 1 saturated heterocycles. The highest BCUT2D eigenvalue weighted by Crippen LogP contribution is 2.40. The van der Waals surface area contributed by atoms with E-state index in [1.54, 1.807) is 12.1 Å². The predicted octanol–water partition coefficient (Wildman–Crippen LogP) is 3.03. The molecule has 1 aliphatic carbocycles. The lowest BCUT2D eigenvalue weighted by molar-refractivity contribution is -0.146. The van der Waals surface area contributed by atoms with Crippen molar-refractivity contribution in [1.29, 1.82) is 0 Å². The second-order valence-corrected chi connectivity index (χ2v) is 6.98. The van der Waals surface area contributed by atoms with Gasteiger partial charge in [0.05, 0.1) is 19.3 Å². The first kappa shape index (κ1) is 19.5. The van der Waals surface area contributed by atoms with E-state index in [1.807, 2.05) is 4.90 Å². The van der Waals surface area contributed by atoms with Gasteiger partial charge in [0.25, 0.3) is 0 Å². The molecule has 1 N–H and O–H groups in total. The molecule has 0 bridgehead atoms. The minimum absolute atomic E-state index is 0.00391. The highest BCUT2D eigenvalue weighted by molar-refractivity contribution is 5.94. The Labute approximate surface area is 156 Å². The van der Waals surface area contributed by atoms with Crippen LogP contribution in [0.2, 0.25) is 0 Å². The molecule has 0 radical (unpaired) electrons. The van der Waals surface area contributed by atoms with Crippen LogP contribution in [0.4, 0.5) is 14.5 Å². The van der Waals surface area contributed by atoms with Crippen LogP contribution < -0.4 is 10.1 Å². The number of rotatable bonds is 6. The first-order valence-electron chi connectivity index (χ1n) is 9.17. The molecular formula is C19H24F2N2O4. The molecule has 1 aliphatic heterocycles. The number of hydrogen-bond acceptors (Lipinski definition) is 5. The van der Waals surface area contributed by atoms with Gasteiger partial charge in [-0.2, -0.15) is 8.78 Å². The number of hydrogen-bond donors (Lipinski definition) is 1. The minimum Gasteiger partial charge on any atom is -0.468 e. The Bertz CT molecular complexity index is 685. The number of halogens is 2. The number of fused-ring (bicyclic) bond motifs is 1. The monoisotopic (exact) mass is 382 g/mol. The lowest BCUT2D eigenvalue weighted by Gasteiger charge is -2.32. The number of nitrogens with one attached hydrogen (secondary N) is 1. The van der Waals surface area contributed by atoms with E-state index in [0.717, 1.165) is 25.7 Å². The molecule has 1 saturated carbocycles. The van der Waals surface area contributed by atoms with Gasteiger partial charge in [-0.25, -0.2) is 0 Å². The van der Waals surface area contributed by atoms with Crippen molar-refractivity contribution >= 4 is 17.6 Å². The van der Waals surface area contributed by atoms with Gasteiger partial charge in [-0.15, -0.1) is 0 Å². The van der Waals surface area contributed by atoms with Crippen molar-refractivity contribution in [3.63, 3.8) is 0 Å². The predicted molar refractivity (Wildman–Crippen MR) is 94.6 cm³/mol. The topological polar surface area (TPSA) is 67.9 Å². The summed E-state index contributed by atoms with van der Waals surface area (Å²) in [5.41, 5.74) is 0.178. The minimum atomic E-state index is -2.98. The summed E-state index contributed by atoms with van der Waals surface area (Å²) in [6.07, 6.45) is 4.87. The maximum absolute atomic E-state index is 12.6. The molecule has 0 aromatic heterocycles. The maximum Gasteiger partial charge on any atom is 0.387 e. The Hall–Kier alpha value is -2.22. The Morgan fingerprint density at radius 3 is 2.74 bits per heavy atom. The van der Waals surface area contributed by atoms with Gasteiger partial charge in [-0.05, 0) is 37.3 Å². The van der Waals surface area contributed by atoms with Crippen LogP contribution in [0.3, 0.4) is 0 Å².